The van der Waals surface area contributed by atoms with Crippen LogP contribution < -0.4 is 0 Å². The Morgan fingerprint density at radius 2 is 1.39 bits per heavy atom. The fraction of sp³-hybridized carbons (Fsp3) is 0.222. The molecule has 0 aliphatic rings. The van der Waals surface area contributed by atoms with Crippen LogP contribution in [0.5, 0.6) is 0 Å². The van der Waals surface area contributed by atoms with Crippen LogP contribution in [0.3, 0.4) is 0 Å². The van der Waals surface area contributed by atoms with E-state index in [0.717, 1.165) is 0 Å². The van der Waals surface area contributed by atoms with E-state index < -0.39 is 0 Å². The van der Waals surface area contributed by atoms with Gasteiger partial charge < -0.3 is 0 Å². The summed E-state index contributed by atoms with van der Waals surface area (Å²) in [7, 11) is 0. The zero-order chi connectivity index (χ0) is 13.0. The number of hydrogen-bond donors (Lipinski definition) is 0. The summed E-state index contributed by atoms with van der Waals surface area (Å²) in [6.07, 6.45) is 2.34. The zero-order valence-corrected chi connectivity index (χ0v) is 11.4. The standard InChI is InChI=1S/C18H20.H2/c1-15(16-10-6-4-7-11-16)14-18(2,3)17-12-8-5-9-13-17;/h4-14H,1-3H3;1H. The van der Waals surface area contributed by atoms with Crippen LogP contribution in [0.25, 0.3) is 5.57 Å². The van der Waals surface area contributed by atoms with Gasteiger partial charge in [0.05, 0.1) is 0 Å². The summed E-state index contributed by atoms with van der Waals surface area (Å²) in [4.78, 5) is 0. The Labute approximate surface area is 111 Å². The minimum absolute atomic E-state index is 0. The van der Waals surface area contributed by atoms with Crippen molar-refractivity contribution in [3.8, 4) is 0 Å². The molecule has 0 aromatic heterocycles. The minimum Gasteiger partial charge on any atom is -0.0710 e. The molecule has 0 saturated heterocycles. The van der Waals surface area contributed by atoms with Gasteiger partial charge in [0.25, 0.3) is 0 Å². The van der Waals surface area contributed by atoms with E-state index in [1.54, 1.807) is 0 Å². The van der Waals surface area contributed by atoms with Gasteiger partial charge in [-0.3, -0.25) is 0 Å². The fourth-order valence-electron chi connectivity index (χ4n) is 2.28. The molecule has 0 radical (unpaired) electrons. The molecular formula is C18H22. The SMILES string of the molecule is CC(=CC(C)(C)c1ccccc1)c1ccccc1.[HH]. The van der Waals surface area contributed by atoms with Gasteiger partial charge >= 0.3 is 0 Å². The molecule has 0 bridgehead atoms. The first-order valence-electron chi connectivity index (χ1n) is 6.40. The van der Waals surface area contributed by atoms with Crippen LogP contribution in [0.2, 0.25) is 0 Å². The lowest BCUT2D eigenvalue weighted by Crippen LogP contribution is -2.13. The maximum Gasteiger partial charge on any atom is 0.00812 e. The van der Waals surface area contributed by atoms with E-state index in [9.17, 15) is 0 Å². The van der Waals surface area contributed by atoms with Gasteiger partial charge in [0.1, 0.15) is 0 Å². The van der Waals surface area contributed by atoms with Crippen molar-refractivity contribution in [2.45, 2.75) is 26.2 Å². The van der Waals surface area contributed by atoms with Crippen LogP contribution in [0.15, 0.2) is 66.7 Å². The lowest BCUT2D eigenvalue weighted by molar-refractivity contribution is 0.671. The molecule has 94 valence electrons. The Balaban J connectivity index is 0.00000180. The van der Waals surface area contributed by atoms with Crippen molar-refractivity contribution in [1.29, 1.82) is 0 Å². The summed E-state index contributed by atoms with van der Waals surface area (Å²) >= 11 is 0. The molecule has 0 N–H and O–H groups in total. The van der Waals surface area contributed by atoms with Gasteiger partial charge in [-0.2, -0.15) is 0 Å². The summed E-state index contributed by atoms with van der Waals surface area (Å²) in [5.41, 5.74) is 4.02. The van der Waals surface area contributed by atoms with Crippen LogP contribution in [0, 0.1) is 0 Å². The monoisotopic (exact) mass is 238 g/mol. The van der Waals surface area contributed by atoms with Crippen molar-refractivity contribution in [3.05, 3.63) is 77.9 Å². The van der Waals surface area contributed by atoms with Gasteiger partial charge in [0, 0.05) is 6.84 Å². The van der Waals surface area contributed by atoms with E-state index in [1.165, 1.54) is 16.7 Å². The molecule has 0 amide bonds. The molecule has 0 aliphatic carbocycles. The molecule has 2 aromatic rings. The highest BCUT2D eigenvalue weighted by Crippen LogP contribution is 2.28. The van der Waals surface area contributed by atoms with Crippen molar-refractivity contribution in [1.82, 2.24) is 0 Å². The third-order valence-electron chi connectivity index (χ3n) is 3.32. The number of rotatable bonds is 3. The molecule has 18 heavy (non-hydrogen) atoms. The Morgan fingerprint density at radius 1 is 0.889 bits per heavy atom. The Hall–Kier alpha value is -1.82. The largest absolute Gasteiger partial charge is 0.0710 e. The minimum atomic E-state index is 0. The van der Waals surface area contributed by atoms with E-state index in [1.807, 2.05) is 0 Å². The van der Waals surface area contributed by atoms with Gasteiger partial charge in [-0.15, -0.1) is 0 Å². The summed E-state index contributed by atoms with van der Waals surface area (Å²) in [5, 5.41) is 0. The first-order chi connectivity index (χ1) is 8.59. The third kappa shape index (κ3) is 2.89. The second-order valence-corrected chi connectivity index (χ2v) is 5.28. The number of benzene rings is 2. The second kappa shape index (κ2) is 5.22. The molecule has 2 aromatic carbocycles. The molecule has 0 heterocycles. The summed E-state index contributed by atoms with van der Waals surface area (Å²) in [5.74, 6) is 0. The highest BCUT2D eigenvalue weighted by Gasteiger charge is 2.17. The van der Waals surface area contributed by atoms with Crippen LogP contribution in [0.4, 0.5) is 0 Å². The number of hydrogen-bond acceptors (Lipinski definition) is 0. The van der Waals surface area contributed by atoms with E-state index in [-0.39, 0.29) is 6.84 Å². The molecule has 0 nitrogen and oxygen atoms in total. The molecule has 0 atom stereocenters. The van der Waals surface area contributed by atoms with Crippen molar-refractivity contribution >= 4 is 5.57 Å². The predicted octanol–water partition coefficient (Wildman–Crippen LogP) is 5.31. The predicted molar refractivity (Wildman–Crippen MR) is 81.7 cm³/mol. The normalized spacial score (nSPS) is 12.5. The van der Waals surface area contributed by atoms with Gasteiger partial charge in [0.2, 0.25) is 0 Å². The van der Waals surface area contributed by atoms with Gasteiger partial charge in [-0.25, -0.2) is 0 Å². The topological polar surface area (TPSA) is 0 Å². The van der Waals surface area contributed by atoms with Crippen molar-refractivity contribution in [3.63, 3.8) is 0 Å². The van der Waals surface area contributed by atoms with Crippen LogP contribution in [-0.2, 0) is 5.41 Å². The van der Waals surface area contributed by atoms with Gasteiger partial charge in [-0.1, -0.05) is 80.6 Å². The maximum absolute atomic E-state index is 2.34. The van der Waals surface area contributed by atoms with E-state index in [2.05, 4.69) is 87.5 Å². The molecule has 2 rings (SSSR count). The molecular weight excluding hydrogens is 216 g/mol. The van der Waals surface area contributed by atoms with Crippen molar-refractivity contribution in [2.24, 2.45) is 0 Å². The van der Waals surface area contributed by atoms with Crippen LogP contribution in [0.1, 0.15) is 33.3 Å². The first-order valence-corrected chi connectivity index (χ1v) is 6.40. The molecule has 0 saturated carbocycles. The molecule has 0 heteroatoms. The smallest absolute Gasteiger partial charge is 0.00812 e. The highest BCUT2D eigenvalue weighted by atomic mass is 14.2. The van der Waals surface area contributed by atoms with Crippen molar-refractivity contribution in [2.75, 3.05) is 0 Å². The van der Waals surface area contributed by atoms with Gasteiger partial charge in [0.15, 0.2) is 0 Å². The third-order valence-corrected chi connectivity index (χ3v) is 3.32. The second-order valence-electron chi connectivity index (χ2n) is 5.28. The summed E-state index contributed by atoms with van der Waals surface area (Å²) < 4.78 is 0. The molecule has 0 fully saturated rings. The van der Waals surface area contributed by atoms with Crippen molar-refractivity contribution < 1.29 is 1.43 Å². The Kier molecular flexibility index (Phi) is 3.66. The molecule has 0 spiro atoms. The Bertz CT molecular complexity index is 524. The molecule has 0 unspecified atom stereocenters. The zero-order valence-electron chi connectivity index (χ0n) is 11.4. The highest BCUT2D eigenvalue weighted by molar-refractivity contribution is 5.65. The lowest BCUT2D eigenvalue weighted by atomic mass is 9.82. The molecule has 0 aliphatic heterocycles. The summed E-state index contributed by atoms with van der Waals surface area (Å²) in [6, 6.07) is 21.2. The van der Waals surface area contributed by atoms with Gasteiger partial charge in [-0.05, 0) is 23.6 Å². The summed E-state index contributed by atoms with van der Waals surface area (Å²) in [6.45, 7) is 6.70. The average Bonchev–Trinajstić information content (AvgIpc) is 2.40. The van der Waals surface area contributed by atoms with E-state index in [0.29, 0.717) is 0 Å². The fourth-order valence-corrected chi connectivity index (χ4v) is 2.28. The van der Waals surface area contributed by atoms with Crippen LogP contribution in [-0.4, -0.2) is 0 Å². The Morgan fingerprint density at radius 3 is 1.94 bits per heavy atom. The quantitative estimate of drug-likeness (QED) is 0.679. The average molecular weight is 238 g/mol. The maximum atomic E-state index is 2.34. The lowest BCUT2D eigenvalue weighted by Gasteiger charge is -2.22. The number of allylic oxidation sites excluding steroid dienone is 2. The van der Waals surface area contributed by atoms with E-state index >= 15 is 0 Å². The van der Waals surface area contributed by atoms with E-state index in [4.69, 9.17) is 0 Å². The van der Waals surface area contributed by atoms with Crippen LogP contribution >= 0.6 is 0 Å². The first kappa shape index (κ1) is 12.6.